The molecular formula is C24H32BN3O5. The van der Waals surface area contributed by atoms with Crippen LogP contribution in [-0.4, -0.2) is 64.4 Å². The highest BCUT2D eigenvalue weighted by molar-refractivity contribution is 6.49. The van der Waals surface area contributed by atoms with E-state index in [1.54, 1.807) is 44.6 Å². The Hall–Kier alpha value is -2.93. The summed E-state index contributed by atoms with van der Waals surface area (Å²) < 4.78 is 22.6. The number of anilines is 1. The number of carbonyl (C=O) groups is 1. The average molecular weight is 453 g/mol. The summed E-state index contributed by atoms with van der Waals surface area (Å²) in [6, 6.07) is 10.6. The zero-order valence-corrected chi connectivity index (χ0v) is 20.5. The van der Waals surface area contributed by atoms with E-state index in [9.17, 15) is 10.1 Å². The van der Waals surface area contributed by atoms with Crippen LogP contribution in [0.15, 0.2) is 30.3 Å². The van der Waals surface area contributed by atoms with E-state index in [2.05, 4.69) is 11.1 Å². The van der Waals surface area contributed by atoms with Crippen LogP contribution in [-0.2, 0) is 14.1 Å². The van der Waals surface area contributed by atoms with Crippen molar-refractivity contribution in [3.05, 3.63) is 41.5 Å². The maximum absolute atomic E-state index is 11.7. The number of nitrogens with zero attached hydrogens (tertiary/aromatic N) is 3. The lowest BCUT2D eigenvalue weighted by atomic mass is 9.80. The molecule has 1 heterocycles. The van der Waals surface area contributed by atoms with Crippen LogP contribution in [0.3, 0.4) is 0 Å². The van der Waals surface area contributed by atoms with Gasteiger partial charge >= 0.3 is 7.48 Å². The first-order valence-corrected chi connectivity index (χ1v) is 10.6. The van der Waals surface area contributed by atoms with Gasteiger partial charge < -0.3 is 23.8 Å². The Morgan fingerprint density at radius 3 is 2.48 bits per heavy atom. The highest BCUT2D eigenvalue weighted by Gasteiger charge is 2.38. The smallest absolute Gasteiger partial charge is 0.310 e. The Morgan fingerprint density at radius 1 is 1.15 bits per heavy atom. The summed E-state index contributed by atoms with van der Waals surface area (Å²) in [7, 11) is 5.34. The van der Waals surface area contributed by atoms with Gasteiger partial charge in [-0.2, -0.15) is 10.2 Å². The number of benzene rings is 1. The summed E-state index contributed by atoms with van der Waals surface area (Å²) in [5, 5.41) is 9.40. The minimum Gasteiger partial charge on any atom is -0.439 e. The Balaban J connectivity index is 2.21. The van der Waals surface area contributed by atoms with E-state index in [0.29, 0.717) is 41.7 Å². The number of pyridine rings is 1. The van der Waals surface area contributed by atoms with Gasteiger partial charge in [-0.05, 0) is 51.4 Å². The molecule has 2 aromatic rings. The first kappa shape index (κ1) is 26.3. The second kappa shape index (κ2) is 11.3. The predicted octanol–water partition coefficient (Wildman–Crippen LogP) is 2.84. The molecule has 0 saturated carbocycles. The molecule has 0 aliphatic carbocycles. The third kappa shape index (κ3) is 6.54. The van der Waals surface area contributed by atoms with Gasteiger partial charge in [0.25, 0.3) is 0 Å². The topological polar surface area (TPSA) is 93.9 Å². The van der Waals surface area contributed by atoms with E-state index in [1.165, 1.54) is 0 Å². The Labute approximate surface area is 196 Å². The van der Waals surface area contributed by atoms with Gasteiger partial charge in [-0.15, -0.1) is 0 Å². The summed E-state index contributed by atoms with van der Waals surface area (Å²) in [4.78, 5) is 18.0. The number of nitriles is 1. The summed E-state index contributed by atoms with van der Waals surface area (Å²) in [6.45, 7) is 8.88. The van der Waals surface area contributed by atoms with E-state index >= 15 is 0 Å². The second-order valence-electron chi connectivity index (χ2n) is 8.64. The van der Waals surface area contributed by atoms with Crippen LogP contribution in [0.5, 0.6) is 11.6 Å². The van der Waals surface area contributed by atoms with Crippen LogP contribution in [0.25, 0.3) is 0 Å². The van der Waals surface area contributed by atoms with E-state index in [-0.39, 0.29) is 7.48 Å². The zero-order chi connectivity index (χ0) is 24.6. The predicted molar refractivity (Wildman–Crippen MR) is 129 cm³/mol. The van der Waals surface area contributed by atoms with Gasteiger partial charge in [0.1, 0.15) is 23.9 Å². The van der Waals surface area contributed by atoms with Crippen LogP contribution in [0, 0.1) is 11.3 Å². The molecule has 0 amide bonds. The number of carbonyl (C=O) groups excluding carboxylic acids is 1. The standard InChI is InChI=1S/C24H32BN3O5/c1-23(2,31-7)24(3,4)33-25-20-10-9-19(14-18(20)16-29)32-21-11-8-17(15-26)22(27-21)28(5)12-13-30-6/h8-11,14,16,25H,12-13H2,1-7H3. The fraction of sp³-hybridized carbons (Fsp3) is 0.458. The van der Waals surface area contributed by atoms with Crippen molar-refractivity contribution < 1.29 is 23.7 Å². The molecule has 0 unspecified atom stereocenters. The molecule has 8 nitrogen and oxygen atoms in total. The molecule has 33 heavy (non-hydrogen) atoms. The average Bonchev–Trinajstić information content (AvgIpc) is 2.81. The highest BCUT2D eigenvalue weighted by atomic mass is 16.5. The van der Waals surface area contributed by atoms with E-state index in [1.807, 2.05) is 39.6 Å². The Morgan fingerprint density at radius 2 is 1.88 bits per heavy atom. The third-order valence-electron chi connectivity index (χ3n) is 5.98. The van der Waals surface area contributed by atoms with Crippen LogP contribution in [0.4, 0.5) is 5.82 Å². The quantitative estimate of drug-likeness (QED) is 0.358. The summed E-state index contributed by atoms with van der Waals surface area (Å²) in [6.07, 6.45) is 0.774. The molecule has 0 radical (unpaired) electrons. The van der Waals surface area contributed by atoms with Crippen molar-refractivity contribution >= 4 is 25.0 Å². The zero-order valence-electron chi connectivity index (χ0n) is 20.5. The number of likely N-dealkylation sites (N-methyl/N-ethyl adjacent to an activating group) is 1. The van der Waals surface area contributed by atoms with Crippen molar-refractivity contribution in [1.82, 2.24) is 4.98 Å². The maximum atomic E-state index is 11.7. The molecule has 0 aliphatic rings. The first-order valence-electron chi connectivity index (χ1n) is 10.6. The van der Waals surface area contributed by atoms with Crippen LogP contribution in [0.1, 0.15) is 43.6 Å². The van der Waals surface area contributed by atoms with Crippen molar-refractivity contribution in [2.45, 2.75) is 38.9 Å². The van der Waals surface area contributed by atoms with Gasteiger partial charge in [-0.3, -0.25) is 4.79 Å². The molecule has 1 aromatic heterocycles. The maximum Gasteiger partial charge on any atom is 0.310 e. The SMILES string of the molecule is COCCN(C)c1nc(Oc2ccc(BOC(C)(C)C(C)(C)OC)c(C=O)c2)ccc1C#N. The van der Waals surface area contributed by atoms with Crippen molar-refractivity contribution in [3.63, 3.8) is 0 Å². The van der Waals surface area contributed by atoms with Gasteiger partial charge in [-0.25, -0.2) is 0 Å². The first-order chi connectivity index (χ1) is 15.6. The van der Waals surface area contributed by atoms with Crippen LogP contribution < -0.4 is 15.1 Å². The van der Waals surface area contributed by atoms with Gasteiger partial charge in [0.05, 0.1) is 23.4 Å². The molecule has 0 fully saturated rings. The minimum atomic E-state index is -0.575. The lowest BCUT2D eigenvalue weighted by molar-refractivity contribution is -0.114. The number of hydrogen-bond donors (Lipinski definition) is 0. The molecule has 1 aromatic carbocycles. The fourth-order valence-electron chi connectivity index (χ4n) is 2.88. The number of aldehydes is 1. The van der Waals surface area contributed by atoms with Crippen molar-refractivity contribution in [1.29, 1.82) is 5.26 Å². The van der Waals surface area contributed by atoms with Gasteiger partial charge in [-0.1, -0.05) is 6.07 Å². The second-order valence-corrected chi connectivity index (χ2v) is 8.64. The largest absolute Gasteiger partial charge is 0.439 e. The van der Waals surface area contributed by atoms with Crippen LogP contribution >= 0.6 is 0 Å². The van der Waals surface area contributed by atoms with Crippen LogP contribution in [0.2, 0.25) is 0 Å². The van der Waals surface area contributed by atoms with E-state index in [4.69, 9.17) is 18.9 Å². The molecule has 2 rings (SSSR count). The molecule has 0 atom stereocenters. The molecule has 0 spiro atoms. The number of hydrogen-bond acceptors (Lipinski definition) is 8. The van der Waals surface area contributed by atoms with Gasteiger partial charge in [0.2, 0.25) is 5.88 Å². The molecular weight excluding hydrogens is 421 g/mol. The van der Waals surface area contributed by atoms with E-state index < -0.39 is 11.2 Å². The molecule has 0 N–H and O–H groups in total. The molecule has 176 valence electrons. The van der Waals surface area contributed by atoms with Gasteiger partial charge in [0, 0.05) is 39.4 Å². The van der Waals surface area contributed by atoms with Gasteiger partial charge in [0.15, 0.2) is 0 Å². The van der Waals surface area contributed by atoms with E-state index in [0.717, 1.165) is 11.7 Å². The lowest BCUT2D eigenvalue weighted by Gasteiger charge is -2.40. The molecule has 0 bridgehead atoms. The van der Waals surface area contributed by atoms with Crippen molar-refractivity contribution in [2.24, 2.45) is 0 Å². The molecule has 0 saturated heterocycles. The highest BCUT2D eigenvalue weighted by Crippen LogP contribution is 2.28. The number of methoxy groups -OCH3 is 2. The monoisotopic (exact) mass is 453 g/mol. The number of aromatic nitrogens is 1. The van der Waals surface area contributed by atoms with Crippen molar-refractivity contribution in [2.75, 3.05) is 39.3 Å². The summed E-state index contributed by atoms with van der Waals surface area (Å²) in [5.41, 5.74) is 0.556. The third-order valence-corrected chi connectivity index (χ3v) is 5.98. The number of rotatable bonds is 12. The number of ether oxygens (including phenoxy) is 3. The lowest BCUT2D eigenvalue weighted by Crippen LogP contribution is -2.50. The van der Waals surface area contributed by atoms with Crippen molar-refractivity contribution in [3.8, 4) is 17.7 Å². The molecule has 9 heteroatoms. The molecule has 0 aliphatic heterocycles. The summed E-state index contributed by atoms with van der Waals surface area (Å²) >= 11 is 0. The minimum absolute atomic E-state index is 0.248. The Bertz CT molecular complexity index is 1000. The fourth-order valence-corrected chi connectivity index (χ4v) is 2.88. The summed E-state index contributed by atoms with van der Waals surface area (Å²) in [5.74, 6) is 1.27. The Kier molecular flexibility index (Phi) is 9.00. The normalized spacial score (nSPS) is 11.6.